The number of carbonyl (C=O) groups is 2. The van der Waals surface area contributed by atoms with Crippen molar-refractivity contribution in [2.24, 2.45) is 5.92 Å². The van der Waals surface area contributed by atoms with E-state index in [1.807, 2.05) is 6.92 Å². The minimum absolute atomic E-state index is 0.0180. The lowest BCUT2D eigenvalue weighted by molar-refractivity contribution is -0.146. The Balaban J connectivity index is 1.93. The number of hydrogen-bond acceptors (Lipinski definition) is 3. The molecule has 1 saturated heterocycles. The molecule has 2 amide bonds. The predicted octanol–water partition coefficient (Wildman–Crippen LogP) is 1.50. The third-order valence-corrected chi connectivity index (χ3v) is 4.26. The highest BCUT2D eigenvalue weighted by molar-refractivity contribution is 5.86. The first-order chi connectivity index (χ1) is 9.52. The van der Waals surface area contributed by atoms with Crippen molar-refractivity contribution in [2.75, 3.05) is 13.2 Å². The van der Waals surface area contributed by atoms with Crippen LogP contribution in [0.4, 0.5) is 4.79 Å². The van der Waals surface area contributed by atoms with E-state index in [4.69, 9.17) is 4.74 Å². The molecule has 3 atom stereocenters. The van der Waals surface area contributed by atoms with Crippen LogP contribution in [0.2, 0.25) is 0 Å². The molecule has 6 heteroatoms. The Morgan fingerprint density at radius 1 is 1.30 bits per heavy atom. The van der Waals surface area contributed by atoms with E-state index >= 15 is 0 Å². The van der Waals surface area contributed by atoms with Gasteiger partial charge in [-0.05, 0) is 31.6 Å². The number of carbonyl (C=O) groups excluding carboxylic acids is 1. The Kier molecular flexibility index (Phi) is 4.86. The van der Waals surface area contributed by atoms with Crippen LogP contribution in [0.3, 0.4) is 0 Å². The summed E-state index contributed by atoms with van der Waals surface area (Å²) in [5.41, 5.74) is -1.11. The number of ether oxygens (including phenoxy) is 1. The van der Waals surface area contributed by atoms with Crippen molar-refractivity contribution in [1.29, 1.82) is 0 Å². The number of nitrogens with one attached hydrogen (secondary N) is 2. The van der Waals surface area contributed by atoms with Gasteiger partial charge in [0.05, 0.1) is 12.6 Å². The Bertz CT molecular complexity index is 368. The molecule has 20 heavy (non-hydrogen) atoms. The number of amides is 2. The zero-order valence-corrected chi connectivity index (χ0v) is 12.0. The molecule has 1 saturated carbocycles. The van der Waals surface area contributed by atoms with E-state index < -0.39 is 17.5 Å². The zero-order valence-electron chi connectivity index (χ0n) is 12.0. The van der Waals surface area contributed by atoms with Crippen LogP contribution in [0.1, 0.15) is 45.4 Å². The molecule has 3 N–H and O–H groups in total. The van der Waals surface area contributed by atoms with Gasteiger partial charge in [0, 0.05) is 6.61 Å². The van der Waals surface area contributed by atoms with E-state index in [2.05, 4.69) is 10.6 Å². The van der Waals surface area contributed by atoms with Crippen LogP contribution in [0, 0.1) is 5.92 Å². The minimum atomic E-state index is -1.11. The molecule has 0 bridgehead atoms. The van der Waals surface area contributed by atoms with Gasteiger partial charge in [-0.15, -0.1) is 0 Å². The van der Waals surface area contributed by atoms with Crippen LogP contribution < -0.4 is 10.6 Å². The highest BCUT2D eigenvalue weighted by Gasteiger charge is 2.43. The summed E-state index contributed by atoms with van der Waals surface area (Å²) in [5, 5.41) is 15.0. The van der Waals surface area contributed by atoms with Crippen LogP contribution in [0.15, 0.2) is 0 Å². The highest BCUT2D eigenvalue weighted by Crippen LogP contribution is 2.32. The lowest BCUT2D eigenvalue weighted by atomic mass is 9.76. The molecule has 0 spiro atoms. The number of rotatable bonds is 3. The fourth-order valence-corrected chi connectivity index (χ4v) is 3.21. The normalized spacial score (nSPS) is 34.2. The van der Waals surface area contributed by atoms with Crippen molar-refractivity contribution in [3.05, 3.63) is 0 Å². The summed E-state index contributed by atoms with van der Waals surface area (Å²) in [7, 11) is 0. The Morgan fingerprint density at radius 2 is 2.10 bits per heavy atom. The monoisotopic (exact) mass is 284 g/mol. The summed E-state index contributed by atoms with van der Waals surface area (Å²) in [6.45, 7) is 3.27. The van der Waals surface area contributed by atoms with Crippen molar-refractivity contribution in [1.82, 2.24) is 10.6 Å². The molecule has 0 aromatic heterocycles. The van der Waals surface area contributed by atoms with Gasteiger partial charge in [0.25, 0.3) is 0 Å². The second-order valence-corrected chi connectivity index (χ2v) is 6.10. The average Bonchev–Trinajstić information content (AvgIpc) is 2.39. The van der Waals surface area contributed by atoms with Crippen LogP contribution in [-0.2, 0) is 9.53 Å². The van der Waals surface area contributed by atoms with Crippen LogP contribution in [0.25, 0.3) is 0 Å². The SMILES string of the molecule is CC1CCCC(NC(=O)NC2CCCOC2)(C(=O)O)C1. The van der Waals surface area contributed by atoms with Gasteiger partial charge in [-0.2, -0.15) is 0 Å². The van der Waals surface area contributed by atoms with Crippen molar-refractivity contribution in [3.63, 3.8) is 0 Å². The van der Waals surface area contributed by atoms with Crippen molar-refractivity contribution in [3.8, 4) is 0 Å². The lowest BCUT2D eigenvalue weighted by Crippen LogP contribution is -2.60. The summed E-state index contributed by atoms with van der Waals surface area (Å²) >= 11 is 0. The smallest absolute Gasteiger partial charge is 0.329 e. The molecule has 114 valence electrons. The summed E-state index contributed by atoms with van der Waals surface area (Å²) in [4.78, 5) is 23.6. The van der Waals surface area contributed by atoms with Gasteiger partial charge in [-0.1, -0.05) is 19.8 Å². The lowest BCUT2D eigenvalue weighted by Gasteiger charge is -2.37. The first-order valence-electron chi connectivity index (χ1n) is 7.42. The number of urea groups is 1. The standard InChI is InChI=1S/C14H24N2O4/c1-10-4-2-6-14(8-10,12(17)18)16-13(19)15-11-5-3-7-20-9-11/h10-11H,2-9H2,1H3,(H,17,18)(H2,15,16,19). The molecule has 3 unspecified atom stereocenters. The summed E-state index contributed by atoms with van der Waals surface area (Å²) in [6.07, 6.45) is 4.66. The predicted molar refractivity (Wildman–Crippen MR) is 73.5 cm³/mol. The largest absolute Gasteiger partial charge is 0.480 e. The number of carboxylic acids is 1. The summed E-state index contributed by atoms with van der Waals surface area (Å²) < 4.78 is 5.30. The topological polar surface area (TPSA) is 87.7 Å². The maximum Gasteiger partial charge on any atom is 0.329 e. The highest BCUT2D eigenvalue weighted by atomic mass is 16.5. The molecule has 1 aliphatic carbocycles. The van der Waals surface area contributed by atoms with Gasteiger partial charge in [-0.3, -0.25) is 0 Å². The number of carboxylic acid groups (broad SMARTS) is 1. The van der Waals surface area contributed by atoms with Crippen molar-refractivity contribution < 1.29 is 19.4 Å². The van der Waals surface area contributed by atoms with E-state index in [9.17, 15) is 14.7 Å². The van der Waals surface area contributed by atoms with Gasteiger partial charge < -0.3 is 20.5 Å². The average molecular weight is 284 g/mol. The van der Waals surface area contributed by atoms with E-state index in [-0.39, 0.29) is 6.04 Å². The zero-order chi connectivity index (χ0) is 14.6. The molecule has 0 aromatic carbocycles. The molecular formula is C14H24N2O4. The van der Waals surface area contributed by atoms with Gasteiger partial charge >= 0.3 is 12.0 Å². The first-order valence-corrected chi connectivity index (χ1v) is 7.42. The quantitative estimate of drug-likeness (QED) is 0.733. The third kappa shape index (κ3) is 3.62. The second-order valence-electron chi connectivity index (χ2n) is 6.10. The fraction of sp³-hybridized carbons (Fsp3) is 0.857. The molecule has 2 fully saturated rings. The van der Waals surface area contributed by atoms with Crippen LogP contribution >= 0.6 is 0 Å². The van der Waals surface area contributed by atoms with Crippen LogP contribution in [-0.4, -0.2) is 41.9 Å². The first kappa shape index (κ1) is 15.1. The fourth-order valence-electron chi connectivity index (χ4n) is 3.21. The minimum Gasteiger partial charge on any atom is -0.480 e. The van der Waals surface area contributed by atoms with Crippen LogP contribution in [0.5, 0.6) is 0 Å². The van der Waals surface area contributed by atoms with Crippen molar-refractivity contribution in [2.45, 2.75) is 57.0 Å². The van der Waals surface area contributed by atoms with Gasteiger partial charge in [0.1, 0.15) is 5.54 Å². The molecule has 0 radical (unpaired) electrons. The number of hydrogen-bond donors (Lipinski definition) is 3. The van der Waals surface area contributed by atoms with E-state index in [1.165, 1.54) is 0 Å². The Labute approximate surface area is 119 Å². The Hall–Kier alpha value is -1.30. The molecule has 1 heterocycles. The number of aliphatic carboxylic acids is 1. The van der Waals surface area contributed by atoms with Gasteiger partial charge in [0.2, 0.25) is 0 Å². The summed E-state index contributed by atoms with van der Waals surface area (Å²) in [5.74, 6) is -0.614. The van der Waals surface area contributed by atoms with Gasteiger partial charge in [-0.25, -0.2) is 9.59 Å². The summed E-state index contributed by atoms with van der Waals surface area (Å²) in [6, 6.07) is -0.410. The Morgan fingerprint density at radius 3 is 2.70 bits per heavy atom. The van der Waals surface area contributed by atoms with Gasteiger partial charge in [0.15, 0.2) is 0 Å². The van der Waals surface area contributed by atoms with Crippen molar-refractivity contribution >= 4 is 12.0 Å². The molecular weight excluding hydrogens is 260 g/mol. The molecule has 2 aliphatic rings. The molecule has 0 aromatic rings. The second kappa shape index (κ2) is 6.43. The van der Waals surface area contributed by atoms with E-state index in [1.54, 1.807) is 0 Å². The molecule has 6 nitrogen and oxygen atoms in total. The third-order valence-electron chi connectivity index (χ3n) is 4.26. The van der Waals surface area contributed by atoms with E-state index in [0.717, 1.165) is 32.3 Å². The molecule has 1 aliphatic heterocycles. The maximum atomic E-state index is 12.1. The van der Waals surface area contributed by atoms with E-state index in [0.29, 0.717) is 25.4 Å². The maximum absolute atomic E-state index is 12.1. The molecule has 2 rings (SSSR count).